The first-order valence-electron chi connectivity index (χ1n) is 7.01. The number of benzene rings is 2. The predicted octanol–water partition coefficient (Wildman–Crippen LogP) is 4.69. The van der Waals surface area contributed by atoms with E-state index in [1.165, 1.54) is 11.1 Å². The minimum Gasteiger partial charge on any atom is -0.289 e. The highest BCUT2D eigenvalue weighted by Gasteiger charge is 2.26. The molecule has 3 rings (SSSR count). The van der Waals surface area contributed by atoms with Crippen LogP contribution in [0.5, 0.6) is 0 Å². The van der Waals surface area contributed by atoms with Crippen molar-refractivity contribution in [1.29, 1.82) is 0 Å². The molecule has 1 unspecified atom stereocenters. The monoisotopic (exact) mass is 262 g/mol. The molecule has 0 heterocycles. The fourth-order valence-corrected chi connectivity index (χ4v) is 3.12. The molecule has 0 aromatic heterocycles. The molecule has 100 valence electrons. The van der Waals surface area contributed by atoms with Crippen molar-refractivity contribution >= 4 is 11.4 Å². The van der Waals surface area contributed by atoms with Crippen molar-refractivity contribution in [2.45, 2.75) is 26.7 Å². The molecule has 1 nitrogen and oxygen atoms in total. The number of Topliss-reactive ketones (excluding diaryl/α,β-unsaturated/α-hetero) is 1. The summed E-state index contributed by atoms with van der Waals surface area (Å²) in [6.45, 7) is 6.30. The lowest BCUT2D eigenvalue weighted by Gasteiger charge is -2.23. The summed E-state index contributed by atoms with van der Waals surface area (Å²) >= 11 is 0. The number of aryl methyl sites for hydroxylation is 2. The van der Waals surface area contributed by atoms with Gasteiger partial charge >= 0.3 is 0 Å². The van der Waals surface area contributed by atoms with E-state index >= 15 is 0 Å². The lowest BCUT2D eigenvalue weighted by molar-refractivity contribution is 0.105. The van der Waals surface area contributed by atoms with Crippen molar-refractivity contribution in [3.8, 4) is 0 Å². The summed E-state index contributed by atoms with van der Waals surface area (Å²) in [5.41, 5.74) is 6.28. The molecule has 0 radical (unpaired) electrons. The number of allylic oxidation sites excluding steroid dienone is 2. The first kappa shape index (κ1) is 12.9. The molecule has 1 heteroatoms. The number of hydrogen-bond acceptors (Lipinski definition) is 1. The number of fused-ring (bicyclic) bond motifs is 1. The highest BCUT2D eigenvalue weighted by molar-refractivity contribution is 6.30. The van der Waals surface area contributed by atoms with Gasteiger partial charge < -0.3 is 0 Å². The molecule has 1 atom stereocenters. The normalized spacial score (nSPS) is 17.6. The van der Waals surface area contributed by atoms with E-state index in [9.17, 15) is 4.79 Å². The van der Waals surface area contributed by atoms with Gasteiger partial charge in [0.05, 0.1) is 0 Å². The molecule has 0 bridgehead atoms. The molecule has 1 aliphatic rings. The summed E-state index contributed by atoms with van der Waals surface area (Å²) in [7, 11) is 0. The molecule has 0 amide bonds. The summed E-state index contributed by atoms with van der Waals surface area (Å²) in [6.07, 6.45) is 2.11. The standard InChI is InChI=1S/C19H18O/c1-12-7-4-5-9-15(12)17-11-14(3)18-13(2)8-6-10-16(18)19(17)20/h4-11,14H,1-3H3. The Hall–Kier alpha value is -2.15. The third kappa shape index (κ3) is 1.90. The van der Waals surface area contributed by atoms with Gasteiger partial charge in [-0.05, 0) is 36.1 Å². The largest absolute Gasteiger partial charge is 0.289 e. The van der Waals surface area contributed by atoms with Crippen LogP contribution in [0.4, 0.5) is 0 Å². The third-order valence-electron chi connectivity index (χ3n) is 4.12. The van der Waals surface area contributed by atoms with E-state index in [1.54, 1.807) is 0 Å². The van der Waals surface area contributed by atoms with Crippen LogP contribution in [0.3, 0.4) is 0 Å². The van der Waals surface area contributed by atoms with E-state index < -0.39 is 0 Å². The van der Waals surface area contributed by atoms with E-state index in [1.807, 2.05) is 30.3 Å². The maximum Gasteiger partial charge on any atom is 0.193 e. The van der Waals surface area contributed by atoms with Crippen LogP contribution in [0, 0.1) is 13.8 Å². The van der Waals surface area contributed by atoms with Crippen LogP contribution in [-0.4, -0.2) is 5.78 Å². The molecule has 20 heavy (non-hydrogen) atoms. The zero-order valence-electron chi connectivity index (χ0n) is 12.1. The molecule has 0 aliphatic heterocycles. The van der Waals surface area contributed by atoms with Gasteiger partial charge in [-0.3, -0.25) is 4.79 Å². The zero-order valence-corrected chi connectivity index (χ0v) is 12.1. The van der Waals surface area contributed by atoms with Crippen LogP contribution in [0.25, 0.3) is 5.57 Å². The average molecular weight is 262 g/mol. The van der Waals surface area contributed by atoms with Gasteiger partial charge in [0.25, 0.3) is 0 Å². The van der Waals surface area contributed by atoms with Crippen molar-refractivity contribution in [1.82, 2.24) is 0 Å². The lowest BCUT2D eigenvalue weighted by atomic mass is 9.79. The van der Waals surface area contributed by atoms with Crippen molar-refractivity contribution in [3.63, 3.8) is 0 Å². The number of hydrogen-bond donors (Lipinski definition) is 0. The first-order chi connectivity index (χ1) is 9.59. The number of carbonyl (C=O) groups excluding carboxylic acids is 1. The van der Waals surface area contributed by atoms with Crippen molar-refractivity contribution in [3.05, 3.63) is 76.4 Å². The second-order valence-corrected chi connectivity index (χ2v) is 5.55. The van der Waals surface area contributed by atoms with E-state index in [4.69, 9.17) is 0 Å². The van der Waals surface area contributed by atoms with Gasteiger partial charge in [0.1, 0.15) is 0 Å². The SMILES string of the molecule is Cc1ccccc1C1=CC(C)c2c(C)cccc2C1=O. The topological polar surface area (TPSA) is 17.1 Å². The molecule has 2 aromatic carbocycles. The van der Waals surface area contributed by atoms with Crippen LogP contribution in [0.2, 0.25) is 0 Å². The van der Waals surface area contributed by atoms with E-state index in [0.29, 0.717) is 0 Å². The molecule has 1 aliphatic carbocycles. The van der Waals surface area contributed by atoms with Crippen molar-refractivity contribution in [2.24, 2.45) is 0 Å². The number of carbonyl (C=O) groups is 1. The van der Waals surface area contributed by atoms with Gasteiger partial charge in [0.15, 0.2) is 5.78 Å². The Bertz CT molecular complexity index is 722. The van der Waals surface area contributed by atoms with Crippen molar-refractivity contribution < 1.29 is 4.79 Å². The van der Waals surface area contributed by atoms with Crippen molar-refractivity contribution in [2.75, 3.05) is 0 Å². The Labute approximate surface area is 120 Å². The molecular weight excluding hydrogens is 244 g/mol. The van der Waals surface area contributed by atoms with Gasteiger partial charge in [-0.2, -0.15) is 0 Å². The van der Waals surface area contributed by atoms with Gasteiger partial charge in [-0.25, -0.2) is 0 Å². The minimum atomic E-state index is 0.149. The highest BCUT2D eigenvalue weighted by Crippen LogP contribution is 2.36. The summed E-state index contributed by atoms with van der Waals surface area (Å²) in [5, 5.41) is 0. The smallest absolute Gasteiger partial charge is 0.193 e. The van der Waals surface area contributed by atoms with Gasteiger partial charge in [0.2, 0.25) is 0 Å². The molecule has 0 N–H and O–H groups in total. The second kappa shape index (κ2) is 4.75. The second-order valence-electron chi connectivity index (χ2n) is 5.55. The predicted molar refractivity (Wildman–Crippen MR) is 83.1 cm³/mol. The van der Waals surface area contributed by atoms with Gasteiger partial charge in [-0.1, -0.05) is 55.5 Å². The van der Waals surface area contributed by atoms with Crippen LogP contribution < -0.4 is 0 Å². The maximum atomic E-state index is 12.8. The Morgan fingerprint density at radius 3 is 2.25 bits per heavy atom. The van der Waals surface area contributed by atoms with Crippen LogP contribution in [0.15, 0.2) is 48.5 Å². The van der Waals surface area contributed by atoms with E-state index in [0.717, 1.165) is 22.3 Å². The maximum absolute atomic E-state index is 12.8. The molecule has 0 fully saturated rings. The zero-order chi connectivity index (χ0) is 14.3. The quantitative estimate of drug-likeness (QED) is 0.729. The van der Waals surface area contributed by atoms with Gasteiger partial charge in [-0.15, -0.1) is 0 Å². The molecule has 0 spiro atoms. The first-order valence-corrected chi connectivity index (χ1v) is 7.01. The molecule has 0 saturated heterocycles. The van der Waals surface area contributed by atoms with Crippen LogP contribution in [0.1, 0.15) is 45.5 Å². The van der Waals surface area contributed by atoms with Crippen LogP contribution >= 0.6 is 0 Å². The molecular formula is C19H18O. The highest BCUT2D eigenvalue weighted by atomic mass is 16.1. The average Bonchev–Trinajstić information content (AvgIpc) is 2.43. The van der Waals surface area contributed by atoms with Gasteiger partial charge in [0, 0.05) is 17.1 Å². The fourth-order valence-electron chi connectivity index (χ4n) is 3.12. The number of rotatable bonds is 1. The lowest BCUT2D eigenvalue weighted by Crippen LogP contribution is -2.15. The molecule has 2 aromatic rings. The summed E-state index contributed by atoms with van der Waals surface area (Å²) in [5.74, 6) is 0.426. The Morgan fingerprint density at radius 1 is 0.850 bits per heavy atom. The summed E-state index contributed by atoms with van der Waals surface area (Å²) in [6, 6.07) is 14.1. The van der Waals surface area contributed by atoms with E-state index in [-0.39, 0.29) is 11.7 Å². The number of ketones is 1. The Kier molecular flexibility index (Phi) is 3.06. The minimum absolute atomic E-state index is 0.149. The third-order valence-corrected chi connectivity index (χ3v) is 4.12. The molecule has 0 saturated carbocycles. The fraction of sp³-hybridized carbons (Fsp3) is 0.211. The summed E-state index contributed by atoms with van der Waals surface area (Å²) < 4.78 is 0. The Balaban J connectivity index is 2.19. The van der Waals surface area contributed by atoms with E-state index in [2.05, 4.69) is 39.0 Å². The van der Waals surface area contributed by atoms with Crippen LogP contribution in [-0.2, 0) is 0 Å². The summed E-state index contributed by atoms with van der Waals surface area (Å²) in [4.78, 5) is 12.8. The Morgan fingerprint density at radius 2 is 1.50 bits per heavy atom.